The van der Waals surface area contributed by atoms with Crippen LogP contribution in [0.2, 0.25) is 0 Å². The molecule has 3 N–H and O–H groups in total. The summed E-state index contributed by atoms with van der Waals surface area (Å²) in [7, 11) is 0. The molecule has 24 heavy (non-hydrogen) atoms. The van der Waals surface area contributed by atoms with Gasteiger partial charge in [-0.15, -0.1) is 0 Å². The molecule has 1 aromatic rings. The first kappa shape index (κ1) is 16.6. The van der Waals surface area contributed by atoms with Gasteiger partial charge in [-0.1, -0.05) is 0 Å². The Kier molecular flexibility index (Phi) is 4.91. The van der Waals surface area contributed by atoms with Gasteiger partial charge in [0.15, 0.2) is 5.11 Å². The molecule has 1 unspecified atom stereocenters. The third kappa shape index (κ3) is 3.80. The van der Waals surface area contributed by atoms with E-state index >= 15 is 0 Å². The van der Waals surface area contributed by atoms with E-state index in [1.165, 1.54) is 37.3 Å². The zero-order chi connectivity index (χ0) is 17.1. The maximum absolute atomic E-state index is 10.8. The number of piperidine rings is 3. The minimum atomic E-state index is -0.524. The zero-order valence-electron chi connectivity index (χ0n) is 13.0. The third-order valence-corrected chi connectivity index (χ3v) is 4.77. The number of nitro groups is 1. The van der Waals surface area contributed by atoms with Crippen LogP contribution in [0.4, 0.5) is 5.69 Å². The van der Waals surface area contributed by atoms with E-state index in [1.54, 1.807) is 0 Å². The normalized spacial score (nSPS) is 25.6. The molecule has 3 saturated heterocycles. The molecule has 0 aromatic heterocycles. The lowest BCUT2D eigenvalue weighted by Crippen LogP contribution is -2.58. The van der Waals surface area contributed by atoms with Gasteiger partial charge in [0.1, 0.15) is 5.75 Å². The predicted octanol–water partition coefficient (Wildman–Crippen LogP) is 1.19. The summed E-state index contributed by atoms with van der Waals surface area (Å²) in [5, 5.41) is 28.1. The van der Waals surface area contributed by atoms with E-state index in [4.69, 9.17) is 12.2 Å². The van der Waals surface area contributed by atoms with Gasteiger partial charge in [-0.3, -0.25) is 15.5 Å². The fourth-order valence-electron chi connectivity index (χ4n) is 3.25. The molecule has 0 radical (unpaired) electrons. The number of nitrogens with zero attached hydrogens (tertiary/aromatic N) is 3. The van der Waals surface area contributed by atoms with E-state index < -0.39 is 4.92 Å². The Morgan fingerprint density at radius 1 is 1.46 bits per heavy atom. The van der Waals surface area contributed by atoms with Crippen LogP contribution in [0.5, 0.6) is 5.75 Å². The molecule has 8 nitrogen and oxygen atoms in total. The van der Waals surface area contributed by atoms with Crippen LogP contribution in [0.1, 0.15) is 18.4 Å². The number of fused-ring (bicyclic) bond motifs is 3. The first-order valence-electron chi connectivity index (χ1n) is 7.82. The van der Waals surface area contributed by atoms with Crippen LogP contribution >= 0.6 is 12.2 Å². The summed E-state index contributed by atoms with van der Waals surface area (Å²) >= 11 is 5.24. The number of thiocarbonyl (C=S) groups is 1. The van der Waals surface area contributed by atoms with Crippen LogP contribution < -0.4 is 10.7 Å². The largest absolute Gasteiger partial charge is 0.507 e. The smallest absolute Gasteiger partial charge is 0.270 e. The first-order valence-corrected chi connectivity index (χ1v) is 8.23. The highest BCUT2D eigenvalue weighted by Crippen LogP contribution is 2.27. The van der Waals surface area contributed by atoms with Gasteiger partial charge in [-0.25, -0.2) is 0 Å². The summed E-state index contributed by atoms with van der Waals surface area (Å²) < 4.78 is 0. The molecule has 0 spiro atoms. The van der Waals surface area contributed by atoms with Crippen molar-refractivity contribution >= 4 is 29.2 Å². The molecule has 128 valence electrons. The van der Waals surface area contributed by atoms with E-state index in [1.807, 2.05) is 0 Å². The molecule has 0 amide bonds. The predicted molar refractivity (Wildman–Crippen MR) is 94.2 cm³/mol. The van der Waals surface area contributed by atoms with Crippen LogP contribution in [0, 0.1) is 16.0 Å². The quantitative estimate of drug-likeness (QED) is 0.325. The lowest BCUT2D eigenvalue weighted by atomic mass is 9.84. The minimum absolute atomic E-state index is 0.0811. The number of rotatable bonds is 4. The first-order chi connectivity index (χ1) is 11.5. The molecule has 2 bridgehead atoms. The van der Waals surface area contributed by atoms with E-state index in [9.17, 15) is 15.2 Å². The molecule has 9 heteroatoms. The highest BCUT2D eigenvalue weighted by atomic mass is 32.1. The van der Waals surface area contributed by atoms with Gasteiger partial charge in [-0.05, 0) is 50.1 Å². The molecule has 1 atom stereocenters. The van der Waals surface area contributed by atoms with Crippen molar-refractivity contribution in [3.63, 3.8) is 0 Å². The Morgan fingerprint density at radius 3 is 2.83 bits per heavy atom. The lowest BCUT2D eigenvalue weighted by molar-refractivity contribution is -0.384. The zero-order valence-corrected chi connectivity index (χ0v) is 13.8. The van der Waals surface area contributed by atoms with Crippen molar-refractivity contribution in [3.8, 4) is 5.75 Å². The van der Waals surface area contributed by atoms with E-state index in [0.29, 0.717) is 17.1 Å². The SMILES string of the molecule is O=[N+]([O-])c1ccc(O)c(/C=N/NC(=S)NC2CN3CCC2CC3)c1. The number of hydrogen-bond donors (Lipinski definition) is 3. The molecule has 1 aromatic carbocycles. The monoisotopic (exact) mass is 349 g/mol. The highest BCUT2D eigenvalue weighted by Gasteiger charge is 2.34. The molecule has 0 saturated carbocycles. The van der Waals surface area contributed by atoms with Gasteiger partial charge in [0.05, 0.1) is 11.1 Å². The van der Waals surface area contributed by atoms with Crippen molar-refractivity contribution in [2.24, 2.45) is 11.0 Å². The van der Waals surface area contributed by atoms with Gasteiger partial charge < -0.3 is 15.3 Å². The molecule has 0 aliphatic carbocycles. The number of nitrogens with one attached hydrogen (secondary N) is 2. The maximum atomic E-state index is 10.8. The average Bonchev–Trinajstić information content (AvgIpc) is 2.57. The summed E-state index contributed by atoms with van der Waals surface area (Å²) in [6.45, 7) is 3.31. The van der Waals surface area contributed by atoms with Crippen LogP contribution in [0.15, 0.2) is 23.3 Å². The summed E-state index contributed by atoms with van der Waals surface area (Å²) in [6, 6.07) is 4.09. The number of benzene rings is 1. The number of phenolic OH excluding ortho intramolecular Hbond substituents is 1. The Labute approximate surface area is 144 Å². The molecule has 3 aliphatic rings. The summed E-state index contributed by atoms with van der Waals surface area (Å²) in [6.07, 6.45) is 3.68. The Bertz CT molecular complexity index is 673. The Hall–Kier alpha value is -2.26. The van der Waals surface area contributed by atoms with Gasteiger partial charge in [0, 0.05) is 30.3 Å². The minimum Gasteiger partial charge on any atom is -0.507 e. The summed E-state index contributed by atoms with van der Waals surface area (Å²) in [5.41, 5.74) is 2.85. The second-order valence-corrected chi connectivity index (χ2v) is 6.50. The standard InChI is InChI=1S/C15H19N5O3S/c21-14-2-1-12(20(22)23)7-11(14)8-16-18-15(24)17-13-9-19-5-3-10(13)4-6-19/h1-2,7-8,10,13,21H,3-6,9H2,(H2,17,18,24)/b16-8+. The van der Waals surface area contributed by atoms with Gasteiger partial charge in [0.25, 0.3) is 5.69 Å². The van der Waals surface area contributed by atoms with Gasteiger partial charge in [0.2, 0.25) is 0 Å². The topological polar surface area (TPSA) is 103 Å². The van der Waals surface area contributed by atoms with Crippen LogP contribution in [0.3, 0.4) is 0 Å². The number of hydrazone groups is 1. The molecule has 3 aliphatic heterocycles. The van der Waals surface area contributed by atoms with Crippen molar-refractivity contribution < 1.29 is 10.0 Å². The van der Waals surface area contributed by atoms with Crippen molar-refractivity contribution in [2.45, 2.75) is 18.9 Å². The highest BCUT2D eigenvalue weighted by molar-refractivity contribution is 7.80. The van der Waals surface area contributed by atoms with Crippen LogP contribution in [-0.4, -0.2) is 51.9 Å². The van der Waals surface area contributed by atoms with E-state index in [0.717, 1.165) is 19.6 Å². The van der Waals surface area contributed by atoms with E-state index in [-0.39, 0.29) is 17.0 Å². The number of phenols is 1. The second-order valence-electron chi connectivity index (χ2n) is 6.09. The number of nitro benzene ring substituents is 1. The molecule has 3 fully saturated rings. The Balaban J connectivity index is 1.55. The Morgan fingerprint density at radius 2 is 2.21 bits per heavy atom. The second kappa shape index (κ2) is 7.10. The molecular formula is C15H19N5O3S. The van der Waals surface area contributed by atoms with Crippen LogP contribution in [0.25, 0.3) is 0 Å². The molecular weight excluding hydrogens is 330 g/mol. The maximum Gasteiger partial charge on any atom is 0.270 e. The van der Waals surface area contributed by atoms with Crippen molar-refractivity contribution in [2.75, 3.05) is 19.6 Å². The number of hydrogen-bond acceptors (Lipinski definition) is 6. The van der Waals surface area contributed by atoms with Crippen molar-refractivity contribution in [1.82, 2.24) is 15.6 Å². The summed E-state index contributed by atoms with van der Waals surface area (Å²) in [5.74, 6) is 0.557. The summed E-state index contributed by atoms with van der Waals surface area (Å²) in [4.78, 5) is 12.7. The fraction of sp³-hybridized carbons (Fsp3) is 0.467. The molecule has 3 heterocycles. The van der Waals surface area contributed by atoms with Crippen molar-refractivity contribution in [1.29, 1.82) is 0 Å². The molecule has 4 rings (SSSR count). The van der Waals surface area contributed by atoms with Crippen LogP contribution in [-0.2, 0) is 0 Å². The third-order valence-electron chi connectivity index (χ3n) is 4.56. The van der Waals surface area contributed by atoms with Gasteiger partial charge in [-0.2, -0.15) is 5.10 Å². The fourth-order valence-corrected chi connectivity index (χ4v) is 3.45. The average molecular weight is 349 g/mol. The number of non-ortho nitro benzene ring substituents is 1. The van der Waals surface area contributed by atoms with Crippen molar-refractivity contribution in [3.05, 3.63) is 33.9 Å². The van der Waals surface area contributed by atoms with Gasteiger partial charge >= 0.3 is 0 Å². The lowest BCUT2D eigenvalue weighted by Gasteiger charge is -2.45. The van der Waals surface area contributed by atoms with E-state index in [2.05, 4.69) is 20.7 Å². The number of aromatic hydroxyl groups is 1.